The highest BCUT2D eigenvalue weighted by Gasteiger charge is 2.30. The molecule has 0 spiro atoms. The number of hydrogen-bond donors (Lipinski definition) is 2. The second kappa shape index (κ2) is 10.2. The molecule has 1 aromatic heterocycles. The summed E-state index contributed by atoms with van der Waals surface area (Å²) < 4.78 is 39.9. The van der Waals surface area contributed by atoms with Crippen LogP contribution in [0.2, 0.25) is 0 Å². The normalized spacial score (nSPS) is 12.0. The summed E-state index contributed by atoms with van der Waals surface area (Å²) in [6.07, 6.45) is -3.96. The van der Waals surface area contributed by atoms with Gasteiger partial charge in [-0.1, -0.05) is 36.5 Å². The van der Waals surface area contributed by atoms with Crippen molar-refractivity contribution in [3.8, 4) is 17.0 Å². The molecular weight excluding hydrogens is 465 g/mol. The van der Waals surface area contributed by atoms with Gasteiger partial charge in [0.05, 0.1) is 17.8 Å². The van der Waals surface area contributed by atoms with Crippen molar-refractivity contribution in [1.29, 1.82) is 0 Å². The zero-order chi connectivity index (χ0) is 25.0. The smallest absolute Gasteiger partial charge is 0.416 e. The van der Waals surface area contributed by atoms with Crippen LogP contribution >= 0.6 is 12.2 Å². The molecule has 0 aliphatic heterocycles. The number of rotatable bonds is 7. The lowest BCUT2D eigenvalue weighted by Crippen LogP contribution is -2.09. The molecule has 0 radical (unpaired) electrons. The first-order valence-electron chi connectivity index (χ1n) is 10.3. The number of aliphatic imine (C=N–C) groups is 1. The number of aryl methyl sites for hydroxylation is 1. The predicted molar refractivity (Wildman–Crippen MR) is 129 cm³/mol. The Labute approximate surface area is 200 Å². The van der Waals surface area contributed by atoms with E-state index in [9.17, 15) is 23.1 Å². The van der Waals surface area contributed by atoms with Crippen LogP contribution in [0.3, 0.4) is 0 Å². The average Bonchev–Trinajstić information content (AvgIpc) is 3.05. The third kappa shape index (κ3) is 6.07. The molecule has 1 heterocycles. The van der Waals surface area contributed by atoms with E-state index in [0.717, 1.165) is 17.7 Å². The predicted octanol–water partition coefficient (Wildman–Crippen LogP) is 5.19. The van der Waals surface area contributed by atoms with Gasteiger partial charge < -0.3 is 10.4 Å². The van der Waals surface area contributed by atoms with Gasteiger partial charge in [-0.15, -0.1) is 0 Å². The van der Waals surface area contributed by atoms with Crippen molar-refractivity contribution in [2.24, 2.45) is 12.0 Å². The molecule has 10 heteroatoms. The van der Waals surface area contributed by atoms with E-state index in [4.69, 9.17) is 12.2 Å². The topological polar surface area (TPSA) is 79.5 Å². The number of thiocarbonyl (C=S) groups is 1. The van der Waals surface area contributed by atoms with Crippen LogP contribution in [0, 0.1) is 0 Å². The van der Waals surface area contributed by atoms with Crippen LogP contribution in [-0.2, 0) is 24.4 Å². The minimum Gasteiger partial charge on any atom is -0.504 e. The number of aromatic nitrogens is 2. The average molecular weight is 489 g/mol. The van der Waals surface area contributed by atoms with Crippen LogP contribution in [0.5, 0.6) is 5.75 Å². The maximum Gasteiger partial charge on any atom is 0.416 e. The molecule has 3 rings (SSSR count). The number of nitrogens with one attached hydrogen (secondary N) is 1. The Morgan fingerprint density at radius 2 is 1.85 bits per heavy atom. The van der Waals surface area contributed by atoms with Crippen molar-refractivity contribution >= 4 is 34.4 Å². The molecule has 0 atom stereocenters. The molecule has 2 N–H and O–H groups in total. The van der Waals surface area contributed by atoms with Gasteiger partial charge in [0, 0.05) is 36.5 Å². The summed E-state index contributed by atoms with van der Waals surface area (Å²) in [4.78, 5) is 16.3. The lowest BCUT2D eigenvalue weighted by Gasteiger charge is -2.08. The van der Waals surface area contributed by atoms with Gasteiger partial charge in [-0.05, 0) is 36.8 Å². The number of benzene rings is 2. The molecule has 6 nitrogen and oxygen atoms in total. The Kier molecular flexibility index (Phi) is 7.51. The number of halogens is 3. The minimum atomic E-state index is -4.44. The molecule has 0 unspecified atom stereocenters. The Hall–Kier alpha value is -3.53. The van der Waals surface area contributed by atoms with E-state index in [0.29, 0.717) is 28.2 Å². The highest BCUT2D eigenvalue weighted by atomic mass is 32.1. The van der Waals surface area contributed by atoms with Gasteiger partial charge in [-0.2, -0.15) is 18.3 Å². The Morgan fingerprint density at radius 3 is 2.47 bits per heavy atom. The fourth-order valence-corrected chi connectivity index (χ4v) is 3.66. The van der Waals surface area contributed by atoms with Crippen LogP contribution in [0.4, 0.5) is 18.9 Å². The van der Waals surface area contributed by atoms with Crippen LogP contribution in [0.15, 0.2) is 53.5 Å². The Morgan fingerprint density at radius 1 is 1.18 bits per heavy atom. The molecule has 178 valence electrons. The van der Waals surface area contributed by atoms with Crippen molar-refractivity contribution < 1.29 is 23.1 Å². The molecule has 0 aliphatic rings. The van der Waals surface area contributed by atoms with E-state index in [-0.39, 0.29) is 29.6 Å². The van der Waals surface area contributed by atoms with Crippen molar-refractivity contribution in [2.75, 3.05) is 11.9 Å². The largest absolute Gasteiger partial charge is 0.504 e. The van der Waals surface area contributed by atoms with Gasteiger partial charge in [-0.25, -0.2) is 0 Å². The van der Waals surface area contributed by atoms with Crippen LogP contribution in [0.25, 0.3) is 11.3 Å². The van der Waals surface area contributed by atoms with E-state index in [2.05, 4.69) is 15.4 Å². The highest BCUT2D eigenvalue weighted by molar-refractivity contribution is 7.80. The standard InChI is InChI=1S/C24H23F3N4O2S/c1-14(28-13-20(34)12-16-5-4-6-19(11-16)29-15(2)32)21-23(33)22(31(3)30-21)17-7-9-18(10-8-17)24(25,26)27/h4-11,33H,12-13H2,1-3H3,(H,29,32). The summed E-state index contributed by atoms with van der Waals surface area (Å²) in [6.45, 7) is 3.33. The summed E-state index contributed by atoms with van der Waals surface area (Å²) in [5.74, 6) is -0.330. The third-order valence-corrected chi connectivity index (χ3v) is 5.27. The Balaban J connectivity index is 1.74. The summed E-state index contributed by atoms with van der Waals surface area (Å²) in [5, 5.41) is 17.7. The molecule has 0 saturated carbocycles. The van der Waals surface area contributed by atoms with Gasteiger partial charge >= 0.3 is 6.18 Å². The lowest BCUT2D eigenvalue weighted by atomic mass is 10.1. The third-order valence-electron chi connectivity index (χ3n) is 4.99. The lowest BCUT2D eigenvalue weighted by molar-refractivity contribution is -0.137. The molecule has 3 aromatic rings. The van der Waals surface area contributed by atoms with E-state index in [1.807, 2.05) is 18.2 Å². The second-order valence-corrected chi connectivity index (χ2v) is 8.32. The number of carbonyl (C=O) groups excluding carboxylic acids is 1. The van der Waals surface area contributed by atoms with Crippen molar-refractivity contribution in [3.05, 3.63) is 65.4 Å². The molecule has 0 bridgehead atoms. The van der Waals surface area contributed by atoms with Crippen molar-refractivity contribution in [3.63, 3.8) is 0 Å². The molecule has 1 amide bonds. The highest BCUT2D eigenvalue weighted by Crippen LogP contribution is 2.35. The Bertz CT molecular complexity index is 1250. The maximum absolute atomic E-state index is 12.8. The van der Waals surface area contributed by atoms with Gasteiger partial charge in [0.15, 0.2) is 5.75 Å². The first kappa shape index (κ1) is 25.1. The van der Waals surface area contributed by atoms with Gasteiger partial charge in [-0.3, -0.25) is 14.5 Å². The quantitative estimate of drug-likeness (QED) is 0.354. The first-order valence-corrected chi connectivity index (χ1v) is 10.7. The zero-order valence-electron chi connectivity index (χ0n) is 18.8. The van der Waals surface area contributed by atoms with E-state index >= 15 is 0 Å². The molecule has 0 fully saturated rings. The van der Waals surface area contributed by atoms with Crippen molar-refractivity contribution in [2.45, 2.75) is 26.4 Å². The summed E-state index contributed by atoms with van der Waals surface area (Å²) in [6, 6.07) is 11.9. The number of nitrogens with zero attached hydrogens (tertiary/aromatic N) is 3. The fraction of sp³-hybridized carbons (Fsp3) is 0.250. The fourth-order valence-electron chi connectivity index (χ4n) is 3.42. The molecule has 0 saturated heterocycles. The number of amides is 1. The minimum absolute atomic E-state index is 0.161. The zero-order valence-corrected chi connectivity index (χ0v) is 19.6. The van der Waals surface area contributed by atoms with Crippen molar-refractivity contribution in [1.82, 2.24) is 9.78 Å². The van der Waals surface area contributed by atoms with E-state index in [1.54, 1.807) is 20.0 Å². The molecule has 0 aliphatic carbocycles. The number of aromatic hydroxyl groups is 1. The van der Waals surface area contributed by atoms with Crippen LogP contribution < -0.4 is 5.32 Å². The SMILES string of the molecule is CC(=O)Nc1cccc(CC(=S)CN=C(C)c2nn(C)c(-c3ccc(C(F)(F)F)cc3)c2O)c1. The molecule has 34 heavy (non-hydrogen) atoms. The number of hydrogen-bond acceptors (Lipinski definition) is 5. The van der Waals surface area contributed by atoms with E-state index < -0.39 is 11.7 Å². The van der Waals surface area contributed by atoms with Gasteiger partial charge in [0.1, 0.15) is 11.4 Å². The first-order chi connectivity index (χ1) is 16.0. The van der Waals surface area contributed by atoms with Crippen LogP contribution in [0.1, 0.15) is 30.7 Å². The summed E-state index contributed by atoms with van der Waals surface area (Å²) in [7, 11) is 1.59. The second-order valence-electron chi connectivity index (χ2n) is 7.74. The monoisotopic (exact) mass is 488 g/mol. The summed E-state index contributed by atoms with van der Waals surface area (Å²) >= 11 is 5.44. The van der Waals surface area contributed by atoms with Gasteiger partial charge in [0.25, 0.3) is 0 Å². The van der Waals surface area contributed by atoms with E-state index in [1.165, 1.54) is 23.7 Å². The van der Waals surface area contributed by atoms with Crippen LogP contribution in [-0.4, -0.2) is 37.9 Å². The molecular formula is C24H23F3N4O2S. The van der Waals surface area contributed by atoms with Gasteiger partial charge in [0.2, 0.25) is 5.91 Å². The number of anilines is 1. The number of alkyl halides is 3. The molecule has 2 aromatic carbocycles. The summed E-state index contributed by atoms with van der Waals surface area (Å²) in [5.41, 5.74) is 2.20. The maximum atomic E-state index is 12.8. The number of carbonyl (C=O) groups is 1.